The number of ether oxygens (including phenoxy) is 1. The summed E-state index contributed by atoms with van der Waals surface area (Å²) in [4.78, 5) is 10.2. The monoisotopic (exact) mass is 490 g/mol. The van der Waals surface area contributed by atoms with E-state index < -0.39 is 6.10 Å². The summed E-state index contributed by atoms with van der Waals surface area (Å²) in [6.45, 7) is 7.72. The van der Waals surface area contributed by atoms with Crippen molar-refractivity contribution in [1.29, 1.82) is 0 Å². The fourth-order valence-corrected chi connectivity index (χ4v) is 3.21. The van der Waals surface area contributed by atoms with E-state index in [0.29, 0.717) is 19.0 Å². The molecule has 0 aliphatic carbocycles. The van der Waals surface area contributed by atoms with Crippen LogP contribution in [0.3, 0.4) is 0 Å². The van der Waals surface area contributed by atoms with Gasteiger partial charge < -0.3 is 20.5 Å². The van der Waals surface area contributed by atoms with E-state index in [2.05, 4.69) is 20.6 Å². The molecule has 0 fully saturated rings. The summed E-state index contributed by atoms with van der Waals surface area (Å²) in [7, 11) is 1.62. The van der Waals surface area contributed by atoms with Crippen LogP contribution in [-0.2, 0) is 6.54 Å². The maximum atomic E-state index is 10.3. The lowest BCUT2D eigenvalue weighted by atomic mass is 10.1. The zero-order chi connectivity index (χ0) is 18.2. The molecule has 0 amide bonds. The van der Waals surface area contributed by atoms with E-state index in [1.54, 1.807) is 18.4 Å². The van der Waals surface area contributed by atoms with Gasteiger partial charge in [-0.25, -0.2) is 9.98 Å². The van der Waals surface area contributed by atoms with Crippen LogP contribution in [0, 0.1) is 13.8 Å². The van der Waals surface area contributed by atoms with E-state index in [1.165, 1.54) is 0 Å². The highest BCUT2D eigenvalue weighted by Crippen LogP contribution is 2.18. The molecule has 1 aromatic heterocycles. The molecule has 0 saturated carbocycles. The van der Waals surface area contributed by atoms with E-state index in [-0.39, 0.29) is 24.0 Å². The predicted octanol–water partition coefficient (Wildman–Crippen LogP) is 3.18. The highest BCUT2D eigenvalue weighted by molar-refractivity contribution is 14.0. The number of nitrogens with one attached hydrogen (secondary N) is 2. The lowest BCUT2D eigenvalue weighted by Gasteiger charge is -2.15. The van der Waals surface area contributed by atoms with Crippen LogP contribution in [0.4, 0.5) is 0 Å². The van der Waals surface area contributed by atoms with Crippen LogP contribution >= 0.6 is 35.3 Å². The van der Waals surface area contributed by atoms with Crippen LogP contribution in [0.2, 0.25) is 0 Å². The summed E-state index contributed by atoms with van der Waals surface area (Å²) in [5, 5.41) is 17.8. The number of aliphatic hydroxyl groups is 1. The first kappa shape index (κ1) is 22.7. The van der Waals surface area contributed by atoms with E-state index in [1.807, 2.05) is 45.0 Å². The van der Waals surface area contributed by atoms with Gasteiger partial charge in [-0.3, -0.25) is 0 Å². The molecule has 2 aromatic rings. The van der Waals surface area contributed by atoms with E-state index in [9.17, 15) is 5.11 Å². The number of rotatable bonds is 7. The molecule has 0 saturated heterocycles. The predicted molar refractivity (Wildman–Crippen MR) is 118 cm³/mol. The van der Waals surface area contributed by atoms with Gasteiger partial charge in [-0.1, -0.05) is 12.1 Å². The summed E-state index contributed by atoms with van der Waals surface area (Å²) < 4.78 is 5.13. The number of hydrogen-bond acceptors (Lipinski definition) is 5. The largest absolute Gasteiger partial charge is 0.497 e. The Morgan fingerprint density at radius 3 is 2.50 bits per heavy atom. The first-order valence-corrected chi connectivity index (χ1v) is 9.12. The van der Waals surface area contributed by atoms with Gasteiger partial charge in [0.05, 0.1) is 30.5 Å². The Labute approximate surface area is 176 Å². The van der Waals surface area contributed by atoms with Crippen LogP contribution < -0.4 is 15.4 Å². The Bertz CT molecular complexity index is 704. The topological polar surface area (TPSA) is 78.8 Å². The fourth-order valence-electron chi connectivity index (χ4n) is 2.35. The lowest BCUT2D eigenvalue weighted by Crippen LogP contribution is -2.39. The number of aliphatic hydroxyl groups excluding tert-OH is 1. The first-order valence-electron chi connectivity index (χ1n) is 8.30. The molecule has 0 spiro atoms. The molecule has 3 N–H and O–H groups in total. The maximum absolute atomic E-state index is 10.3. The number of hydrogen-bond donors (Lipinski definition) is 3. The Hall–Kier alpha value is -1.39. The van der Waals surface area contributed by atoms with Gasteiger partial charge in [0.15, 0.2) is 5.96 Å². The number of thiazole rings is 1. The molecule has 0 radical (unpaired) electrons. The molecular formula is C18H27IN4O2S. The highest BCUT2D eigenvalue weighted by atomic mass is 127. The quantitative estimate of drug-likeness (QED) is 0.316. The van der Waals surface area contributed by atoms with Gasteiger partial charge in [0.25, 0.3) is 0 Å². The highest BCUT2D eigenvalue weighted by Gasteiger charge is 2.09. The van der Waals surface area contributed by atoms with Crippen molar-refractivity contribution in [3.63, 3.8) is 0 Å². The van der Waals surface area contributed by atoms with Crippen LogP contribution in [0.15, 0.2) is 29.3 Å². The maximum Gasteiger partial charge on any atom is 0.191 e. The van der Waals surface area contributed by atoms with Gasteiger partial charge in [-0.2, -0.15) is 0 Å². The lowest BCUT2D eigenvalue weighted by molar-refractivity contribution is 0.180. The number of aliphatic imine (C=N–C) groups is 1. The number of benzene rings is 1. The Morgan fingerprint density at radius 1 is 1.27 bits per heavy atom. The van der Waals surface area contributed by atoms with Gasteiger partial charge in [0, 0.05) is 18.0 Å². The minimum absolute atomic E-state index is 0. The number of nitrogens with zero attached hydrogens (tertiary/aromatic N) is 2. The molecule has 1 aromatic carbocycles. The number of aromatic nitrogens is 1. The third-order valence-corrected chi connectivity index (χ3v) is 4.75. The third kappa shape index (κ3) is 6.73. The Balaban J connectivity index is 0.00000338. The molecule has 6 nitrogen and oxygen atoms in total. The van der Waals surface area contributed by atoms with Gasteiger partial charge in [0.1, 0.15) is 5.75 Å². The molecule has 0 aliphatic rings. The van der Waals surface area contributed by atoms with E-state index in [0.717, 1.165) is 33.4 Å². The van der Waals surface area contributed by atoms with Gasteiger partial charge in [-0.15, -0.1) is 35.3 Å². The Kier molecular flexibility index (Phi) is 9.89. The van der Waals surface area contributed by atoms with Crippen molar-refractivity contribution < 1.29 is 9.84 Å². The van der Waals surface area contributed by atoms with Gasteiger partial charge in [-0.05, 0) is 38.5 Å². The van der Waals surface area contributed by atoms with E-state index in [4.69, 9.17) is 4.74 Å². The zero-order valence-corrected chi connectivity index (χ0v) is 18.7. The molecule has 144 valence electrons. The molecule has 26 heavy (non-hydrogen) atoms. The van der Waals surface area contributed by atoms with Crippen LogP contribution in [0.5, 0.6) is 5.75 Å². The SMILES string of the molecule is CCNC(=NCc1sc(C)nc1C)NCC(O)c1ccc(OC)cc1.I. The van der Waals surface area contributed by atoms with Crippen molar-refractivity contribution >= 4 is 41.3 Å². The second-order valence-electron chi connectivity index (χ2n) is 5.61. The summed E-state index contributed by atoms with van der Waals surface area (Å²) >= 11 is 1.66. The second-order valence-corrected chi connectivity index (χ2v) is 6.89. The normalized spacial score (nSPS) is 12.3. The van der Waals surface area contributed by atoms with Crippen LogP contribution in [-0.4, -0.2) is 36.2 Å². The minimum atomic E-state index is -0.623. The average Bonchev–Trinajstić information content (AvgIpc) is 2.94. The van der Waals surface area contributed by atoms with Crippen molar-refractivity contribution in [3.05, 3.63) is 45.4 Å². The smallest absolute Gasteiger partial charge is 0.191 e. The summed E-state index contributed by atoms with van der Waals surface area (Å²) in [6, 6.07) is 7.40. The number of aryl methyl sites for hydroxylation is 2. The molecule has 1 heterocycles. The standard InChI is InChI=1S/C18H26N4O2S.HI/c1-5-19-18(21-11-17-12(2)22-13(3)25-17)20-10-16(23)14-6-8-15(24-4)9-7-14;/h6-9,16,23H,5,10-11H2,1-4H3,(H2,19,20,21);1H. The summed E-state index contributed by atoms with van der Waals surface area (Å²) in [6.07, 6.45) is -0.623. The third-order valence-electron chi connectivity index (χ3n) is 3.69. The van der Waals surface area contributed by atoms with Crippen molar-refractivity contribution in [1.82, 2.24) is 15.6 Å². The number of guanidine groups is 1. The second kappa shape index (κ2) is 11.3. The molecule has 1 unspecified atom stereocenters. The molecule has 1 atom stereocenters. The zero-order valence-electron chi connectivity index (χ0n) is 15.6. The van der Waals surface area contributed by atoms with Crippen molar-refractivity contribution in [2.24, 2.45) is 4.99 Å². The Morgan fingerprint density at radius 2 is 1.96 bits per heavy atom. The van der Waals surface area contributed by atoms with E-state index >= 15 is 0 Å². The van der Waals surface area contributed by atoms with Crippen molar-refractivity contribution in [2.75, 3.05) is 20.2 Å². The minimum Gasteiger partial charge on any atom is -0.497 e. The van der Waals surface area contributed by atoms with Crippen molar-refractivity contribution in [2.45, 2.75) is 33.4 Å². The van der Waals surface area contributed by atoms with Crippen LogP contribution in [0.1, 0.15) is 34.2 Å². The van der Waals surface area contributed by atoms with Crippen molar-refractivity contribution in [3.8, 4) is 5.75 Å². The molecule has 2 rings (SSSR count). The number of methoxy groups -OCH3 is 1. The summed E-state index contributed by atoms with van der Waals surface area (Å²) in [5.41, 5.74) is 1.86. The molecule has 8 heteroatoms. The number of halogens is 1. The summed E-state index contributed by atoms with van der Waals surface area (Å²) in [5.74, 6) is 1.45. The van der Waals surface area contributed by atoms with Gasteiger partial charge in [0.2, 0.25) is 0 Å². The van der Waals surface area contributed by atoms with Gasteiger partial charge >= 0.3 is 0 Å². The van der Waals surface area contributed by atoms with Crippen LogP contribution in [0.25, 0.3) is 0 Å². The molecular weight excluding hydrogens is 463 g/mol. The fraction of sp³-hybridized carbons (Fsp3) is 0.444. The average molecular weight is 490 g/mol. The molecule has 0 bridgehead atoms. The first-order chi connectivity index (χ1) is 12.0. The molecule has 0 aliphatic heterocycles.